The van der Waals surface area contributed by atoms with Crippen molar-refractivity contribution in [2.45, 2.75) is 25.4 Å². The number of benzene rings is 2. The molecule has 0 spiro atoms. The lowest BCUT2D eigenvalue weighted by Crippen LogP contribution is -2.18. The molecule has 140 valence electrons. The highest BCUT2D eigenvalue weighted by Crippen LogP contribution is 2.39. The number of anilines is 2. The topological polar surface area (TPSA) is 72.8 Å². The summed E-state index contributed by atoms with van der Waals surface area (Å²) in [6, 6.07) is 8.07. The number of aryl methyl sites for hydroxylation is 2. The summed E-state index contributed by atoms with van der Waals surface area (Å²) in [5.74, 6) is -0.550. The van der Waals surface area contributed by atoms with Gasteiger partial charge >= 0.3 is 6.18 Å². The summed E-state index contributed by atoms with van der Waals surface area (Å²) in [7, 11) is 0. The number of rotatable bonds is 4. The summed E-state index contributed by atoms with van der Waals surface area (Å²) < 4.78 is 38.4. The van der Waals surface area contributed by atoms with Crippen molar-refractivity contribution in [1.82, 2.24) is 0 Å². The van der Waals surface area contributed by atoms with E-state index >= 15 is 0 Å². The Hall–Kier alpha value is -2.29. The van der Waals surface area contributed by atoms with E-state index in [0.29, 0.717) is 16.8 Å². The van der Waals surface area contributed by atoms with Crippen LogP contribution in [0.1, 0.15) is 32.4 Å². The maximum Gasteiger partial charge on any atom is 0.408 e. The third kappa shape index (κ3) is 4.46. The SMILES string of the molecule is Cc1cc(C(Cl)C(F)(F)F)cc(C)c1NC(=O)c1cccc(N(O)O)c1. The first-order valence-electron chi connectivity index (χ1n) is 7.42. The van der Waals surface area contributed by atoms with Crippen molar-refractivity contribution in [3.05, 3.63) is 58.7 Å². The van der Waals surface area contributed by atoms with E-state index in [-0.39, 0.29) is 22.0 Å². The van der Waals surface area contributed by atoms with Crippen molar-refractivity contribution in [2.75, 3.05) is 10.5 Å². The molecule has 1 atom stereocenters. The Morgan fingerprint density at radius 1 is 1.15 bits per heavy atom. The highest BCUT2D eigenvalue weighted by molar-refractivity contribution is 6.21. The van der Waals surface area contributed by atoms with E-state index in [4.69, 9.17) is 22.0 Å². The quantitative estimate of drug-likeness (QED) is 0.510. The van der Waals surface area contributed by atoms with Crippen LogP contribution in [0.5, 0.6) is 0 Å². The Morgan fingerprint density at radius 3 is 2.23 bits per heavy atom. The molecule has 0 aromatic heterocycles. The highest BCUT2D eigenvalue weighted by Gasteiger charge is 2.39. The number of hydrogen-bond donors (Lipinski definition) is 3. The van der Waals surface area contributed by atoms with Crippen LogP contribution in [0.2, 0.25) is 0 Å². The molecule has 2 aromatic carbocycles. The van der Waals surface area contributed by atoms with Crippen molar-refractivity contribution in [3.63, 3.8) is 0 Å². The lowest BCUT2D eigenvalue weighted by Gasteiger charge is -2.18. The minimum atomic E-state index is -4.58. The van der Waals surface area contributed by atoms with Gasteiger partial charge in [0.15, 0.2) is 5.38 Å². The van der Waals surface area contributed by atoms with Crippen LogP contribution in [0.3, 0.4) is 0 Å². The number of hydrogen-bond acceptors (Lipinski definition) is 4. The molecule has 26 heavy (non-hydrogen) atoms. The molecule has 0 aliphatic heterocycles. The van der Waals surface area contributed by atoms with Crippen molar-refractivity contribution < 1.29 is 28.4 Å². The van der Waals surface area contributed by atoms with Gasteiger partial charge in [-0.1, -0.05) is 18.2 Å². The first-order chi connectivity index (χ1) is 12.0. The normalized spacial score (nSPS) is 12.6. The minimum absolute atomic E-state index is 0.0170. The summed E-state index contributed by atoms with van der Waals surface area (Å²) in [6.45, 7) is 3.12. The third-order valence-corrected chi connectivity index (χ3v) is 4.21. The van der Waals surface area contributed by atoms with Crippen molar-refractivity contribution in [1.29, 1.82) is 0 Å². The first kappa shape index (κ1) is 20.0. The van der Waals surface area contributed by atoms with Crippen LogP contribution in [0.4, 0.5) is 24.5 Å². The van der Waals surface area contributed by atoms with Crippen LogP contribution in [-0.4, -0.2) is 22.5 Å². The van der Waals surface area contributed by atoms with Crippen LogP contribution >= 0.6 is 11.6 Å². The molecule has 0 radical (unpaired) electrons. The van der Waals surface area contributed by atoms with Gasteiger partial charge in [0, 0.05) is 11.3 Å². The van der Waals surface area contributed by atoms with Gasteiger partial charge in [-0.2, -0.15) is 13.2 Å². The van der Waals surface area contributed by atoms with Gasteiger partial charge in [0.25, 0.3) is 5.91 Å². The van der Waals surface area contributed by atoms with Crippen LogP contribution in [0.15, 0.2) is 36.4 Å². The second-order valence-corrected chi connectivity index (χ2v) is 6.16. The average Bonchev–Trinajstić information content (AvgIpc) is 2.56. The molecule has 0 aliphatic rings. The average molecular weight is 389 g/mol. The molecular weight excluding hydrogens is 373 g/mol. The standard InChI is InChI=1S/C17H16ClF3N2O3/c1-9-6-12(15(18)17(19,20)21)7-10(2)14(9)22-16(24)11-4-3-5-13(8-11)23(25)26/h3-8,15,25-26H,1-2H3,(H,22,24). The second-order valence-electron chi connectivity index (χ2n) is 5.73. The molecule has 2 aromatic rings. The fourth-order valence-corrected chi connectivity index (χ4v) is 2.61. The Labute approximate surface area is 152 Å². The fraction of sp³-hybridized carbons (Fsp3) is 0.235. The lowest BCUT2D eigenvalue weighted by atomic mass is 10.0. The van der Waals surface area contributed by atoms with Crippen molar-refractivity contribution >= 4 is 28.9 Å². The summed E-state index contributed by atoms with van der Waals surface area (Å²) in [4.78, 5) is 12.4. The van der Waals surface area contributed by atoms with Crippen LogP contribution in [0, 0.1) is 13.8 Å². The number of carbonyl (C=O) groups excluding carboxylic acids is 1. The largest absolute Gasteiger partial charge is 0.408 e. The molecule has 0 fully saturated rings. The Bertz CT molecular complexity index is 802. The van der Waals surface area contributed by atoms with Crippen molar-refractivity contribution in [2.24, 2.45) is 0 Å². The van der Waals surface area contributed by atoms with Gasteiger partial charge in [-0.05, 0) is 48.7 Å². The zero-order valence-corrected chi connectivity index (χ0v) is 14.6. The molecule has 9 heteroatoms. The van der Waals surface area contributed by atoms with Gasteiger partial charge in [0.1, 0.15) is 0 Å². The Morgan fingerprint density at radius 2 is 1.73 bits per heavy atom. The molecule has 0 bridgehead atoms. The molecule has 3 N–H and O–H groups in total. The minimum Gasteiger partial charge on any atom is -0.322 e. The predicted molar refractivity (Wildman–Crippen MR) is 91.0 cm³/mol. The molecule has 1 unspecified atom stereocenters. The predicted octanol–water partition coefficient (Wildman–Crippen LogP) is 4.98. The van der Waals surface area contributed by atoms with Crippen LogP contribution < -0.4 is 10.5 Å². The zero-order valence-electron chi connectivity index (χ0n) is 13.8. The Balaban J connectivity index is 2.30. The number of halogens is 4. The summed E-state index contributed by atoms with van der Waals surface area (Å²) >= 11 is 5.46. The molecule has 2 rings (SSSR count). The van der Waals surface area contributed by atoms with Crippen LogP contribution in [-0.2, 0) is 0 Å². The van der Waals surface area contributed by atoms with Gasteiger partial charge in [0.05, 0.1) is 5.69 Å². The molecule has 0 saturated heterocycles. The smallest absolute Gasteiger partial charge is 0.322 e. The maximum absolute atomic E-state index is 12.8. The van der Waals surface area contributed by atoms with Crippen molar-refractivity contribution in [3.8, 4) is 0 Å². The van der Waals surface area contributed by atoms with E-state index in [1.165, 1.54) is 36.4 Å². The number of carbonyl (C=O) groups is 1. The zero-order chi connectivity index (χ0) is 19.6. The molecule has 5 nitrogen and oxygen atoms in total. The molecular formula is C17H16ClF3N2O3. The van der Waals surface area contributed by atoms with Crippen LogP contribution in [0.25, 0.3) is 0 Å². The number of alkyl halides is 4. The molecule has 0 aliphatic carbocycles. The van der Waals surface area contributed by atoms with Gasteiger partial charge in [-0.15, -0.1) is 16.8 Å². The molecule has 1 amide bonds. The van der Waals surface area contributed by atoms with Gasteiger partial charge in [0.2, 0.25) is 0 Å². The van der Waals surface area contributed by atoms with Gasteiger partial charge in [-0.25, -0.2) is 0 Å². The third-order valence-electron chi connectivity index (χ3n) is 3.71. The lowest BCUT2D eigenvalue weighted by molar-refractivity contribution is -0.131. The number of nitrogens with one attached hydrogen (secondary N) is 1. The number of nitrogens with zero attached hydrogens (tertiary/aromatic N) is 1. The summed E-state index contributed by atoms with van der Waals surface area (Å²) in [5.41, 5.74) is 1.22. The van der Waals surface area contributed by atoms with E-state index in [1.807, 2.05) is 0 Å². The van der Waals surface area contributed by atoms with E-state index in [9.17, 15) is 18.0 Å². The molecule has 0 heterocycles. The van der Waals surface area contributed by atoms with E-state index in [0.717, 1.165) is 0 Å². The first-order valence-corrected chi connectivity index (χ1v) is 7.85. The second kappa shape index (κ2) is 7.53. The Kier molecular flexibility index (Phi) is 5.80. The fourth-order valence-electron chi connectivity index (χ4n) is 2.49. The van der Waals surface area contributed by atoms with Gasteiger partial charge in [-0.3, -0.25) is 15.2 Å². The van der Waals surface area contributed by atoms with E-state index in [1.54, 1.807) is 13.8 Å². The van der Waals surface area contributed by atoms with E-state index < -0.39 is 17.5 Å². The highest BCUT2D eigenvalue weighted by atomic mass is 35.5. The van der Waals surface area contributed by atoms with E-state index in [2.05, 4.69) is 5.32 Å². The molecule has 0 saturated carbocycles. The van der Waals surface area contributed by atoms with Gasteiger partial charge < -0.3 is 5.32 Å². The summed E-state index contributed by atoms with van der Waals surface area (Å²) in [6.07, 6.45) is -4.58. The monoisotopic (exact) mass is 388 g/mol. The summed E-state index contributed by atoms with van der Waals surface area (Å²) in [5, 5.41) is 18.4. The number of amides is 1. The maximum atomic E-state index is 12.8.